The molecule has 1 saturated carbocycles. The summed E-state index contributed by atoms with van der Waals surface area (Å²) in [6.07, 6.45) is 1.98. The van der Waals surface area contributed by atoms with Gasteiger partial charge >= 0.3 is 0 Å². The van der Waals surface area contributed by atoms with Crippen molar-refractivity contribution in [3.63, 3.8) is 0 Å². The van der Waals surface area contributed by atoms with Gasteiger partial charge in [-0.05, 0) is 42.5 Å². The fourth-order valence-electron chi connectivity index (χ4n) is 2.65. The predicted octanol–water partition coefficient (Wildman–Crippen LogP) is 3.09. The molecule has 3 rings (SSSR count). The van der Waals surface area contributed by atoms with Gasteiger partial charge in [-0.2, -0.15) is 0 Å². The quantitative estimate of drug-likeness (QED) is 0.662. The lowest BCUT2D eigenvalue weighted by Crippen LogP contribution is -2.44. The largest absolute Gasteiger partial charge is 0.345 e. The van der Waals surface area contributed by atoms with Gasteiger partial charge < -0.3 is 15.5 Å². The standard InChI is InChI=1S/C19H19Cl2N3O3S/c20-12-3-6-15(16(21)8-12)19(27)23-9-17(25)22-10-18(26)24(13-4-5-13)11-14-2-1-7-28-14/h1-3,6-8,13H,4-5,9-11H2,(H,22,25)(H,23,27). The van der Waals surface area contributed by atoms with E-state index in [2.05, 4.69) is 10.6 Å². The van der Waals surface area contributed by atoms with Crippen LogP contribution >= 0.6 is 34.5 Å². The number of carbonyl (C=O) groups is 3. The van der Waals surface area contributed by atoms with E-state index in [1.54, 1.807) is 22.3 Å². The molecule has 0 saturated heterocycles. The number of amides is 3. The molecule has 3 amide bonds. The summed E-state index contributed by atoms with van der Waals surface area (Å²) in [5.41, 5.74) is 0.228. The van der Waals surface area contributed by atoms with Crippen molar-refractivity contribution in [3.8, 4) is 0 Å². The molecule has 1 fully saturated rings. The maximum Gasteiger partial charge on any atom is 0.253 e. The van der Waals surface area contributed by atoms with E-state index in [0.29, 0.717) is 11.6 Å². The summed E-state index contributed by atoms with van der Waals surface area (Å²) < 4.78 is 0. The molecule has 6 nitrogen and oxygen atoms in total. The number of thiophene rings is 1. The molecule has 1 aromatic carbocycles. The van der Waals surface area contributed by atoms with Gasteiger partial charge in [0.2, 0.25) is 11.8 Å². The molecular weight excluding hydrogens is 421 g/mol. The maximum atomic E-state index is 12.5. The van der Waals surface area contributed by atoms with Crippen molar-refractivity contribution in [1.82, 2.24) is 15.5 Å². The topological polar surface area (TPSA) is 78.5 Å². The third-order valence-electron chi connectivity index (χ3n) is 4.24. The highest BCUT2D eigenvalue weighted by atomic mass is 35.5. The van der Waals surface area contributed by atoms with Crippen molar-refractivity contribution >= 4 is 52.3 Å². The van der Waals surface area contributed by atoms with Crippen LogP contribution < -0.4 is 10.6 Å². The van der Waals surface area contributed by atoms with Crippen molar-refractivity contribution in [1.29, 1.82) is 0 Å². The molecule has 28 heavy (non-hydrogen) atoms. The van der Waals surface area contributed by atoms with E-state index >= 15 is 0 Å². The van der Waals surface area contributed by atoms with Crippen LogP contribution in [0.1, 0.15) is 28.1 Å². The van der Waals surface area contributed by atoms with Crippen molar-refractivity contribution < 1.29 is 14.4 Å². The predicted molar refractivity (Wildman–Crippen MR) is 110 cm³/mol. The van der Waals surface area contributed by atoms with E-state index in [9.17, 15) is 14.4 Å². The molecule has 0 spiro atoms. The summed E-state index contributed by atoms with van der Waals surface area (Å²) in [4.78, 5) is 39.5. The molecule has 9 heteroatoms. The lowest BCUT2D eigenvalue weighted by Gasteiger charge is -2.22. The molecular formula is C19H19Cl2N3O3S. The summed E-state index contributed by atoms with van der Waals surface area (Å²) in [6, 6.07) is 8.67. The summed E-state index contributed by atoms with van der Waals surface area (Å²) in [6.45, 7) is 0.209. The molecule has 1 aliphatic carbocycles. The van der Waals surface area contributed by atoms with Gasteiger partial charge in [0.1, 0.15) is 0 Å². The number of rotatable bonds is 8. The van der Waals surface area contributed by atoms with Gasteiger partial charge in [-0.3, -0.25) is 14.4 Å². The Hall–Kier alpha value is -2.09. The van der Waals surface area contributed by atoms with Crippen LogP contribution in [-0.4, -0.2) is 41.8 Å². The maximum absolute atomic E-state index is 12.5. The highest BCUT2D eigenvalue weighted by Crippen LogP contribution is 2.29. The third kappa shape index (κ3) is 5.70. The van der Waals surface area contributed by atoms with Crippen molar-refractivity contribution in [2.24, 2.45) is 0 Å². The van der Waals surface area contributed by atoms with Crippen LogP contribution in [0.5, 0.6) is 0 Å². The Morgan fingerprint density at radius 1 is 1.11 bits per heavy atom. The number of hydrogen-bond acceptors (Lipinski definition) is 4. The van der Waals surface area contributed by atoms with E-state index in [1.165, 1.54) is 12.1 Å². The molecule has 2 N–H and O–H groups in total. The Balaban J connectivity index is 1.45. The molecule has 0 unspecified atom stereocenters. The van der Waals surface area contributed by atoms with E-state index in [4.69, 9.17) is 23.2 Å². The molecule has 0 radical (unpaired) electrons. The van der Waals surface area contributed by atoms with Crippen LogP contribution in [0.4, 0.5) is 0 Å². The van der Waals surface area contributed by atoms with Gasteiger partial charge in [0.15, 0.2) is 0 Å². The molecule has 1 heterocycles. The monoisotopic (exact) mass is 439 g/mol. The van der Waals surface area contributed by atoms with Crippen LogP contribution in [0, 0.1) is 0 Å². The lowest BCUT2D eigenvalue weighted by molar-refractivity contribution is -0.133. The zero-order chi connectivity index (χ0) is 20.1. The van der Waals surface area contributed by atoms with Gasteiger partial charge in [0, 0.05) is 15.9 Å². The first-order chi connectivity index (χ1) is 13.4. The Labute approximate surface area is 176 Å². The average Bonchev–Trinajstić information content (AvgIpc) is 3.37. The van der Waals surface area contributed by atoms with Gasteiger partial charge in [-0.1, -0.05) is 29.3 Å². The smallest absolute Gasteiger partial charge is 0.253 e. The van der Waals surface area contributed by atoms with Crippen molar-refractivity contribution in [2.45, 2.75) is 25.4 Å². The number of benzene rings is 1. The van der Waals surface area contributed by atoms with Crippen LogP contribution in [0.3, 0.4) is 0 Å². The van der Waals surface area contributed by atoms with Crippen LogP contribution in [0.2, 0.25) is 10.0 Å². The number of nitrogens with zero attached hydrogens (tertiary/aromatic N) is 1. The van der Waals surface area contributed by atoms with E-state index in [0.717, 1.165) is 17.7 Å². The van der Waals surface area contributed by atoms with Gasteiger partial charge in [0.05, 0.1) is 30.2 Å². The van der Waals surface area contributed by atoms with Gasteiger partial charge in [-0.15, -0.1) is 11.3 Å². The highest BCUT2D eigenvalue weighted by molar-refractivity contribution is 7.09. The number of nitrogens with one attached hydrogen (secondary N) is 2. The second-order valence-electron chi connectivity index (χ2n) is 6.42. The van der Waals surface area contributed by atoms with Gasteiger partial charge in [0.25, 0.3) is 5.91 Å². The number of carbonyl (C=O) groups excluding carboxylic acids is 3. The minimum absolute atomic E-state index is 0.0989. The molecule has 0 aliphatic heterocycles. The Bertz CT molecular complexity index is 869. The van der Waals surface area contributed by atoms with Crippen LogP contribution in [0.15, 0.2) is 35.7 Å². The van der Waals surface area contributed by atoms with Gasteiger partial charge in [-0.25, -0.2) is 0 Å². The molecule has 1 aliphatic rings. The molecule has 0 bridgehead atoms. The molecule has 0 atom stereocenters. The van der Waals surface area contributed by atoms with Crippen LogP contribution in [-0.2, 0) is 16.1 Å². The fraction of sp³-hybridized carbons (Fsp3) is 0.316. The first kappa shape index (κ1) is 20.6. The SMILES string of the molecule is O=C(CNC(=O)c1ccc(Cl)cc1Cl)NCC(=O)N(Cc1cccs1)C1CC1. The average molecular weight is 440 g/mol. The molecule has 2 aromatic rings. The number of halogens is 2. The first-order valence-corrected chi connectivity index (χ1v) is 10.4. The zero-order valence-electron chi connectivity index (χ0n) is 14.9. The lowest BCUT2D eigenvalue weighted by atomic mass is 10.2. The second kappa shape index (κ2) is 9.41. The summed E-state index contributed by atoms with van der Waals surface area (Å²) in [5.74, 6) is -1.06. The summed E-state index contributed by atoms with van der Waals surface area (Å²) in [7, 11) is 0. The Morgan fingerprint density at radius 3 is 2.54 bits per heavy atom. The fourth-order valence-corrected chi connectivity index (χ4v) is 3.84. The molecule has 1 aromatic heterocycles. The zero-order valence-corrected chi connectivity index (χ0v) is 17.2. The van der Waals surface area contributed by atoms with E-state index in [1.807, 2.05) is 17.5 Å². The number of hydrogen-bond donors (Lipinski definition) is 2. The second-order valence-corrected chi connectivity index (χ2v) is 8.29. The summed E-state index contributed by atoms with van der Waals surface area (Å²) >= 11 is 13.4. The third-order valence-corrected chi connectivity index (χ3v) is 5.65. The van der Waals surface area contributed by atoms with Crippen molar-refractivity contribution in [3.05, 3.63) is 56.2 Å². The summed E-state index contributed by atoms with van der Waals surface area (Å²) in [5, 5.41) is 7.64. The Kier molecular flexibility index (Phi) is 6.93. The first-order valence-electron chi connectivity index (χ1n) is 8.76. The highest BCUT2D eigenvalue weighted by Gasteiger charge is 2.32. The minimum atomic E-state index is -0.486. The normalized spacial score (nSPS) is 13.1. The van der Waals surface area contributed by atoms with Crippen molar-refractivity contribution in [2.75, 3.05) is 13.1 Å². The van der Waals surface area contributed by atoms with E-state index < -0.39 is 11.8 Å². The minimum Gasteiger partial charge on any atom is -0.345 e. The molecule has 148 valence electrons. The Morgan fingerprint density at radius 2 is 1.89 bits per heavy atom. The van der Waals surface area contributed by atoms with E-state index in [-0.39, 0.29) is 35.6 Å². The van der Waals surface area contributed by atoms with Crippen LogP contribution in [0.25, 0.3) is 0 Å².